The van der Waals surface area contributed by atoms with Gasteiger partial charge in [-0.05, 0) is 31.5 Å². The number of hydrogen-bond acceptors (Lipinski definition) is 2. The quantitative estimate of drug-likeness (QED) is 0.884. The summed E-state index contributed by atoms with van der Waals surface area (Å²) in [5, 5.41) is 0. The molecule has 17 heavy (non-hydrogen) atoms. The van der Waals surface area contributed by atoms with Gasteiger partial charge in [0, 0.05) is 13.0 Å². The second-order valence-corrected chi connectivity index (χ2v) is 4.42. The summed E-state index contributed by atoms with van der Waals surface area (Å²) in [6.07, 6.45) is 0.790. The van der Waals surface area contributed by atoms with E-state index in [1.54, 1.807) is 6.07 Å². The number of rotatable bonds is 4. The minimum Gasteiger partial charge on any atom is -0.330 e. The smallest absolute Gasteiger partial charge is 0.151 e. The molecule has 0 saturated carbocycles. The second-order valence-electron chi connectivity index (χ2n) is 4.42. The standard InChI is InChI=1S/C13H18FN3/c1-3-17-11-6-4-5-10(14)13(11)16-12(17)7-9(2)8-15/h4-6,9H,3,7-8,15H2,1-2H3. The van der Waals surface area contributed by atoms with Crippen LogP contribution in [0.15, 0.2) is 18.2 Å². The van der Waals surface area contributed by atoms with Gasteiger partial charge in [-0.2, -0.15) is 0 Å². The maximum atomic E-state index is 13.6. The summed E-state index contributed by atoms with van der Waals surface area (Å²) >= 11 is 0. The maximum Gasteiger partial charge on any atom is 0.151 e. The van der Waals surface area contributed by atoms with Crippen LogP contribution in [0.2, 0.25) is 0 Å². The molecule has 92 valence electrons. The molecular formula is C13H18FN3. The fourth-order valence-electron chi connectivity index (χ4n) is 2.06. The van der Waals surface area contributed by atoms with E-state index in [0.29, 0.717) is 18.0 Å². The van der Waals surface area contributed by atoms with Crippen molar-refractivity contribution >= 4 is 11.0 Å². The Bertz CT molecular complexity index is 519. The van der Waals surface area contributed by atoms with Crippen LogP contribution in [0.4, 0.5) is 4.39 Å². The molecule has 1 aromatic heterocycles. The summed E-state index contributed by atoms with van der Waals surface area (Å²) in [7, 11) is 0. The van der Waals surface area contributed by atoms with Crippen molar-refractivity contribution in [3.63, 3.8) is 0 Å². The van der Waals surface area contributed by atoms with E-state index < -0.39 is 0 Å². The predicted molar refractivity (Wildman–Crippen MR) is 67.3 cm³/mol. The molecule has 1 unspecified atom stereocenters. The lowest BCUT2D eigenvalue weighted by molar-refractivity contribution is 0.553. The normalized spacial score (nSPS) is 13.2. The molecule has 4 heteroatoms. The van der Waals surface area contributed by atoms with E-state index >= 15 is 0 Å². The number of aryl methyl sites for hydroxylation is 1. The van der Waals surface area contributed by atoms with E-state index in [2.05, 4.69) is 16.5 Å². The van der Waals surface area contributed by atoms with E-state index in [4.69, 9.17) is 5.73 Å². The number of nitrogens with two attached hydrogens (primary N) is 1. The third kappa shape index (κ3) is 2.17. The summed E-state index contributed by atoms with van der Waals surface area (Å²) in [6.45, 7) is 5.54. The molecule has 0 radical (unpaired) electrons. The average Bonchev–Trinajstić information content (AvgIpc) is 2.68. The number of para-hydroxylation sites is 1. The monoisotopic (exact) mass is 235 g/mol. The molecule has 2 aromatic rings. The van der Waals surface area contributed by atoms with Crippen LogP contribution in [0.5, 0.6) is 0 Å². The van der Waals surface area contributed by atoms with Crippen LogP contribution in [0.1, 0.15) is 19.7 Å². The number of aromatic nitrogens is 2. The highest BCUT2D eigenvalue weighted by atomic mass is 19.1. The number of benzene rings is 1. The first-order valence-electron chi connectivity index (χ1n) is 6.01. The highest BCUT2D eigenvalue weighted by Crippen LogP contribution is 2.20. The third-order valence-electron chi connectivity index (χ3n) is 3.06. The largest absolute Gasteiger partial charge is 0.330 e. The van der Waals surface area contributed by atoms with Gasteiger partial charge in [0.05, 0.1) is 5.52 Å². The molecule has 0 aliphatic rings. The van der Waals surface area contributed by atoms with Crippen molar-refractivity contribution in [3.8, 4) is 0 Å². The Labute approximate surface area is 100 Å². The van der Waals surface area contributed by atoms with Gasteiger partial charge in [0.15, 0.2) is 5.82 Å². The lowest BCUT2D eigenvalue weighted by atomic mass is 10.1. The highest BCUT2D eigenvalue weighted by Gasteiger charge is 2.14. The molecule has 0 fully saturated rings. The number of fused-ring (bicyclic) bond motifs is 1. The Hall–Kier alpha value is -1.42. The summed E-state index contributed by atoms with van der Waals surface area (Å²) in [4.78, 5) is 4.40. The third-order valence-corrected chi connectivity index (χ3v) is 3.06. The lowest BCUT2D eigenvalue weighted by Crippen LogP contribution is -2.15. The summed E-state index contributed by atoms with van der Waals surface area (Å²) < 4.78 is 15.7. The molecule has 2 rings (SSSR count). The Kier molecular flexibility index (Phi) is 3.43. The zero-order valence-corrected chi connectivity index (χ0v) is 10.3. The minimum absolute atomic E-state index is 0.253. The van der Waals surface area contributed by atoms with Crippen LogP contribution in [0.25, 0.3) is 11.0 Å². The fourth-order valence-corrected chi connectivity index (χ4v) is 2.06. The topological polar surface area (TPSA) is 43.8 Å². The van der Waals surface area contributed by atoms with E-state index in [9.17, 15) is 4.39 Å². The average molecular weight is 235 g/mol. The van der Waals surface area contributed by atoms with Crippen LogP contribution < -0.4 is 5.73 Å². The van der Waals surface area contributed by atoms with Gasteiger partial charge >= 0.3 is 0 Å². The van der Waals surface area contributed by atoms with Gasteiger partial charge in [-0.25, -0.2) is 9.37 Å². The molecule has 0 amide bonds. The van der Waals surface area contributed by atoms with Crippen molar-refractivity contribution in [1.82, 2.24) is 9.55 Å². The molecule has 3 nitrogen and oxygen atoms in total. The van der Waals surface area contributed by atoms with E-state index in [-0.39, 0.29) is 5.82 Å². The second kappa shape index (κ2) is 4.84. The van der Waals surface area contributed by atoms with Gasteiger partial charge in [-0.1, -0.05) is 13.0 Å². The minimum atomic E-state index is -0.253. The van der Waals surface area contributed by atoms with E-state index in [1.807, 2.05) is 13.0 Å². The Morgan fingerprint density at radius 2 is 2.24 bits per heavy atom. The maximum absolute atomic E-state index is 13.6. The first kappa shape index (κ1) is 12.0. The van der Waals surface area contributed by atoms with Crippen LogP contribution >= 0.6 is 0 Å². The molecule has 0 spiro atoms. The van der Waals surface area contributed by atoms with E-state index in [1.165, 1.54) is 6.07 Å². The number of imidazole rings is 1. The number of hydrogen-bond donors (Lipinski definition) is 1. The molecule has 1 heterocycles. The van der Waals surface area contributed by atoms with Crippen molar-refractivity contribution in [2.24, 2.45) is 11.7 Å². The SMILES string of the molecule is CCn1c(CC(C)CN)nc2c(F)cccc21. The van der Waals surface area contributed by atoms with Crippen molar-refractivity contribution in [3.05, 3.63) is 29.8 Å². The lowest BCUT2D eigenvalue weighted by Gasteiger charge is -2.09. The molecule has 0 bridgehead atoms. The van der Waals surface area contributed by atoms with Crippen LogP contribution in [0, 0.1) is 11.7 Å². The molecule has 0 aliphatic carbocycles. The molecule has 2 N–H and O–H groups in total. The summed E-state index contributed by atoms with van der Waals surface area (Å²) in [6, 6.07) is 5.08. The Balaban J connectivity index is 2.52. The van der Waals surface area contributed by atoms with Crippen LogP contribution in [0.3, 0.4) is 0 Å². The van der Waals surface area contributed by atoms with Gasteiger partial charge in [0.1, 0.15) is 11.3 Å². The zero-order valence-electron chi connectivity index (χ0n) is 10.3. The molecule has 0 aliphatic heterocycles. The molecule has 1 aromatic carbocycles. The first-order valence-corrected chi connectivity index (χ1v) is 6.01. The van der Waals surface area contributed by atoms with Crippen LogP contribution in [-0.4, -0.2) is 16.1 Å². The van der Waals surface area contributed by atoms with Crippen molar-refractivity contribution < 1.29 is 4.39 Å². The molecule has 1 atom stereocenters. The van der Waals surface area contributed by atoms with Crippen molar-refractivity contribution in [2.75, 3.05) is 6.54 Å². The van der Waals surface area contributed by atoms with Gasteiger partial charge in [-0.3, -0.25) is 0 Å². The first-order chi connectivity index (χ1) is 8.17. The number of nitrogens with zero attached hydrogens (tertiary/aromatic N) is 2. The molecular weight excluding hydrogens is 217 g/mol. The van der Waals surface area contributed by atoms with Crippen LogP contribution in [-0.2, 0) is 13.0 Å². The van der Waals surface area contributed by atoms with Gasteiger partial charge in [-0.15, -0.1) is 0 Å². The van der Waals surface area contributed by atoms with Gasteiger partial charge in [0.25, 0.3) is 0 Å². The van der Waals surface area contributed by atoms with Crippen molar-refractivity contribution in [2.45, 2.75) is 26.8 Å². The molecule has 0 saturated heterocycles. The van der Waals surface area contributed by atoms with Gasteiger partial charge in [0.2, 0.25) is 0 Å². The zero-order chi connectivity index (χ0) is 12.4. The fraction of sp³-hybridized carbons (Fsp3) is 0.462. The number of halogens is 1. The Morgan fingerprint density at radius 3 is 2.88 bits per heavy atom. The summed E-state index contributed by atoms with van der Waals surface area (Å²) in [5.74, 6) is 1.03. The van der Waals surface area contributed by atoms with Crippen molar-refractivity contribution in [1.29, 1.82) is 0 Å². The summed E-state index contributed by atoms with van der Waals surface area (Å²) in [5.41, 5.74) is 6.96. The Morgan fingerprint density at radius 1 is 1.47 bits per heavy atom. The highest BCUT2D eigenvalue weighted by molar-refractivity contribution is 5.76. The van der Waals surface area contributed by atoms with Gasteiger partial charge < -0.3 is 10.3 Å². The van der Waals surface area contributed by atoms with E-state index in [0.717, 1.165) is 24.3 Å². The predicted octanol–water partition coefficient (Wildman–Crippen LogP) is 2.33.